The molecular formula is C14H26N2O. The van der Waals surface area contributed by atoms with Crippen molar-refractivity contribution in [3.05, 3.63) is 0 Å². The van der Waals surface area contributed by atoms with Gasteiger partial charge in [0.2, 0.25) is 5.91 Å². The van der Waals surface area contributed by atoms with Gasteiger partial charge in [-0.1, -0.05) is 19.3 Å². The zero-order valence-corrected chi connectivity index (χ0v) is 11.1. The summed E-state index contributed by atoms with van der Waals surface area (Å²) in [6.45, 7) is 3.01. The Morgan fingerprint density at radius 3 is 2.65 bits per heavy atom. The quantitative estimate of drug-likeness (QED) is 0.812. The summed E-state index contributed by atoms with van der Waals surface area (Å²) in [5, 5.41) is 3.21. The highest BCUT2D eigenvalue weighted by molar-refractivity contribution is 5.76. The van der Waals surface area contributed by atoms with Gasteiger partial charge in [0.1, 0.15) is 0 Å². The summed E-state index contributed by atoms with van der Waals surface area (Å²) >= 11 is 0. The lowest BCUT2D eigenvalue weighted by Crippen LogP contribution is -2.31. The molecule has 98 valence electrons. The third kappa shape index (κ3) is 3.70. The minimum atomic E-state index is 0.413. The van der Waals surface area contributed by atoms with Gasteiger partial charge in [-0.2, -0.15) is 0 Å². The van der Waals surface area contributed by atoms with Crippen LogP contribution in [-0.2, 0) is 4.79 Å². The van der Waals surface area contributed by atoms with E-state index in [9.17, 15) is 4.79 Å². The molecule has 2 aliphatic rings. The lowest BCUT2D eigenvalue weighted by Gasteiger charge is -2.24. The standard InChI is InChI=1S/C14H26N2O/c1-15-10-13-7-8-16(11-13)14(17)9-12-5-3-2-4-6-12/h12-13,15H,2-11H2,1H3. The molecule has 3 heteroatoms. The van der Waals surface area contributed by atoms with Crippen LogP contribution >= 0.6 is 0 Å². The maximum Gasteiger partial charge on any atom is 0.222 e. The Morgan fingerprint density at radius 1 is 1.18 bits per heavy atom. The summed E-state index contributed by atoms with van der Waals surface area (Å²) in [5.74, 6) is 1.77. The van der Waals surface area contributed by atoms with Crippen molar-refractivity contribution in [2.24, 2.45) is 11.8 Å². The van der Waals surface area contributed by atoms with Crippen molar-refractivity contribution in [2.45, 2.75) is 44.9 Å². The van der Waals surface area contributed by atoms with Gasteiger partial charge in [0.25, 0.3) is 0 Å². The van der Waals surface area contributed by atoms with Gasteiger partial charge in [-0.3, -0.25) is 4.79 Å². The van der Waals surface area contributed by atoms with Crippen molar-refractivity contribution in [1.82, 2.24) is 10.2 Å². The van der Waals surface area contributed by atoms with Crippen LogP contribution in [0.15, 0.2) is 0 Å². The topological polar surface area (TPSA) is 32.3 Å². The van der Waals surface area contributed by atoms with Gasteiger partial charge < -0.3 is 10.2 Å². The number of rotatable bonds is 4. The van der Waals surface area contributed by atoms with Crippen molar-refractivity contribution >= 4 is 5.91 Å². The lowest BCUT2D eigenvalue weighted by molar-refractivity contribution is -0.131. The van der Waals surface area contributed by atoms with Gasteiger partial charge in [-0.25, -0.2) is 0 Å². The molecule has 1 amide bonds. The van der Waals surface area contributed by atoms with E-state index in [4.69, 9.17) is 0 Å². The second-order valence-electron chi connectivity index (χ2n) is 5.76. The Labute approximate surface area is 105 Å². The normalized spacial score (nSPS) is 26.4. The number of carbonyl (C=O) groups is 1. The van der Waals surface area contributed by atoms with Gasteiger partial charge in [0, 0.05) is 19.5 Å². The first-order valence-corrected chi connectivity index (χ1v) is 7.22. The fourth-order valence-electron chi connectivity index (χ4n) is 3.28. The fraction of sp³-hybridized carbons (Fsp3) is 0.929. The van der Waals surface area contributed by atoms with Gasteiger partial charge in [0.05, 0.1) is 0 Å². The monoisotopic (exact) mass is 238 g/mol. The Hall–Kier alpha value is -0.570. The van der Waals surface area contributed by atoms with Gasteiger partial charge in [0.15, 0.2) is 0 Å². The van der Waals surface area contributed by atoms with Crippen LogP contribution in [0.1, 0.15) is 44.9 Å². The van der Waals surface area contributed by atoms with Gasteiger partial charge >= 0.3 is 0 Å². The number of carbonyl (C=O) groups excluding carboxylic acids is 1. The summed E-state index contributed by atoms with van der Waals surface area (Å²) in [6, 6.07) is 0. The van der Waals surface area contributed by atoms with Crippen LogP contribution < -0.4 is 5.32 Å². The predicted octanol–water partition coefficient (Wildman–Crippen LogP) is 2.02. The highest BCUT2D eigenvalue weighted by Crippen LogP contribution is 2.27. The van der Waals surface area contributed by atoms with E-state index < -0.39 is 0 Å². The minimum absolute atomic E-state index is 0.413. The zero-order valence-electron chi connectivity index (χ0n) is 11.1. The molecule has 1 aliphatic heterocycles. The van der Waals surface area contributed by atoms with Gasteiger partial charge in [-0.15, -0.1) is 0 Å². The van der Waals surface area contributed by atoms with Crippen LogP contribution in [0.2, 0.25) is 0 Å². The smallest absolute Gasteiger partial charge is 0.222 e. The van der Waals surface area contributed by atoms with E-state index in [1.54, 1.807) is 0 Å². The molecule has 1 saturated carbocycles. The summed E-state index contributed by atoms with van der Waals surface area (Å²) in [4.78, 5) is 14.3. The Morgan fingerprint density at radius 2 is 1.94 bits per heavy atom. The van der Waals surface area contributed by atoms with Crippen LogP contribution in [0.4, 0.5) is 0 Å². The zero-order chi connectivity index (χ0) is 12.1. The first-order chi connectivity index (χ1) is 8.29. The van der Waals surface area contributed by atoms with Crippen molar-refractivity contribution in [2.75, 3.05) is 26.7 Å². The van der Waals surface area contributed by atoms with Crippen molar-refractivity contribution < 1.29 is 4.79 Å². The van der Waals surface area contributed by atoms with Crippen LogP contribution in [0.3, 0.4) is 0 Å². The average Bonchev–Trinajstić information content (AvgIpc) is 2.79. The second-order valence-corrected chi connectivity index (χ2v) is 5.76. The second kappa shape index (κ2) is 6.39. The largest absolute Gasteiger partial charge is 0.342 e. The molecule has 1 atom stereocenters. The molecule has 0 radical (unpaired) electrons. The van der Waals surface area contributed by atoms with E-state index in [-0.39, 0.29) is 0 Å². The van der Waals surface area contributed by atoms with E-state index in [0.717, 1.165) is 26.1 Å². The Bertz CT molecular complexity index is 249. The number of likely N-dealkylation sites (tertiary alicyclic amines) is 1. The molecule has 1 saturated heterocycles. The number of nitrogens with one attached hydrogen (secondary N) is 1. The molecule has 17 heavy (non-hydrogen) atoms. The van der Waals surface area contributed by atoms with E-state index in [0.29, 0.717) is 17.7 Å². The Kier molecular flexibility index (Phi) is 4.84. The first kappa shape index (κ1) is 12.9. The lowest BCUT2D eigenvalue weighted by atomic mass is 9.87. The molecule has 0 aromatic heterocycles. The van der Waals surface area contributed by atoms with Crippen molar-refractivity contribution in [3.8, 4) is 0 Å². The molecular weight excluding hydrogens is 212 g/mol. The third-order valence-electron chi connectivity index (χ3n) is 4.32. The third-order valence-corrected chi connectivity index (χ3v) is 4.32. The van der Waals surface area contributed by atoms with E-state index >= 15 is 0 Å². The first-order valence-electron chi connectivity index (χ1n) is 7.22. The molecule has 1 N–H and O–H groups in total. The molecule has 0 bridgehead atoms. The summed E-state index contributed by atoms with van der Waals surface area (Å²) in [7, 11) is 1.99. The van der Waals surface area contributed by atoms with Crippen LogP contribution in [0, 0.1) is 11.8 Å². The molecule has 1 unspecified atom stereocenters. The van der Waals surface area contributed by atoms with Crippen LogP contribution in [0.5, 0.6) is 0 Å². The van der Waals surface area contributed by atoms with Crippen LogP contribution in [0.25, 0.3) is 0 Å². The minimum Gasteiger partial charge on any atom is -0.342 e. The number of hydrogen-bond acceptors (Lipinski definition) is 2. The molecule has 2 rings (SSSR count). The Balaban J connectivity index is 1.72. The summed E-state index contributed by atoms with van der Waals surface area (Å²) in [5.41, 5.74) is 0. The fourth-order valence-corrected chi connectivity index (χ4v) is 3.28. The van der Waals surface area contributed by atoms with Crippen molar-refractivity contribution in [3.63, 3.8) is 0 Å². The molecule has 1 heterocycles. The van der Waals surface area contributed by atoms with E-state index in [2.05, 4.69) is 10.2 Å². The predicted molar refractivity (Wildman–Crippen MR) is 69.8 cm³/mol. The molecule has 0 aromatic rings. The average molecular weight is 238 g/mol. The SMILES string of the molecule is CNCC1CCN(C(=O)CC2CCCCC2)C1. The highest BCUT2D eigenvalue weighted by atomic mass is 16.2. The number of amides is 1. The molecule has 2 fully saturated rings. The van der Waals surface area contributed by atoms with Gasteiger partial charge in [-0.05, 0) is 44.7 Å². The number of nitrogens with zero attached hydrogens (tertiary/aromatic N) is 1. The summed E-state index contributed by atoms with van der Waals surface area (Å²) in [6.07, 6.45) is 8.59. The summed E-state index contributed by atoms with van der Waals surface area (Å²) < 4.78 is 0. The molecule has 0 aromatic carbocycles. The molecule has 0 spiro atoms. The van der Waals surface area contributed by atoms with Crippen molar-refractivity contribution in [1.29, 1.82) is 0 Å². The highest BCUT2D eigenvalue weighted by Gasteiger charge is 2.27. The van der Waals surface area contributed by atoms with E-state index in [1.807, 2.05) is 7.05 Å². The van der Waals surface area contributed by atoms with E-state index in [1.165, 1.54) is 38.5 Å². The van der Waals surface area contributed by atoms with Crippen LogP contribution in [-0.4, -0.2) is 37.5 Å². The maximum absolute atomic E-state index is 12.2. The maximum atomic E-state index is 12.2. The molecule has 1 aliphatic carbocycles. The molecule has 3 nitrogen and oxygen atoms in total. The number of hydrogen-bond donors (Lipinski definition) is 1.